The first-order valence-electron chi connectivity index (χ1n) is 9.54. The molecule has 0 bridgehead atoms. The molecule has 6 nitrogen and oxygen atoms in total. The van der Waals surface area contributed by atoms with E-state index in [1.807, 2.05) is 18.4 Å². The highest BCUT2D eigenvalue weighted by atomic mass is 35.5. The lowest BCUT2D eigenvalue weighted by Gasteiger charge is -2.30. The smallest absolute Gasteiger partial charge is 0.247 e. The van der Waals surface area contributed by atoms with Gasteiger partial charge in [0, 0.05) is 23.1 Å². The number of fused-ring (bicyclic) bond motifs is 3. The zero-order valence-corrected chi connectivity index (χ0v) is 18.7. The fraction of sp³-hybridized carbons (Fsp3) is 0.273. The summed E-state index contributed by atoms with van der Waals surface area (Å²) in [6, 6.07) is 13.4. The van der Waals surface area contributed by atoms with Crippen LogP contribution in [0, 0.1) is 0 Å². The minimum absolute atomic E-state index is 0.164. The van der Waals surface area contributed by atoms with Gasteiger partial charge in [0.15, 0.2) is 5.69 Å². The van der Waals surface area contributed by atoms with Gasteiger partial charge in [0.25, 0.3) is 0 Å². The predicted molar refractivity (Wildman–Crippen MR) is 119 cm³/mol. The summed E-state index contributed by atoms with van der Waals surface area (Å²) in [4.78, 5) is 18.9. The lowest BCUT2D eigenvalue weighted by molar-refractivity contribution is -0.118. The third-order valence-corrected chi connectivity index (χ3v) is 5.75. The molecular formula is C22H21ClN4O2S. The molecule has 154 valence electrons. The Bertz CT molecular complexity index is 1100. The zero-order chi connectivity index (χ0) is 21.4. The minimum atomic E-state index is -0.698. The van der Waals surface area contributed by atoms with Crippen LogP contribution in [0.25, 0.3) is 11.3 Å². The summed E-state index contributed by atoms with van der Waals surface area (Å²) in [6.07, 6.45) is 1.17. The van der Waals surface area contributed by atoms with Crippen molar-refractivity contribution in [2.24, 2.45) is 0 Å². The molecule has 0 aliphatic carbocycles. The Balaban J connectivity index is 1.93. The quantitative estimate of drug-likeness (QED) is 0.502. The van der Waals surface area contributed by atoms with Crippen LogP contribution in [-0.2, 0) is 4.79 Å². The topological polar surface area (TPSA) is 68.2 Å². The first-order chi connectivity index (χ1) is 14.4. The van der Waals surface area contributed by atoms with Crippen molar-refractivity contribution in [2.45, 2.75) is 38.1 Å². The zero-order valence-electron chi connectivity index (χ0n) is 17.1. The molecule has 30 heavy (non-hydrogen) atoms. The van der Waals surface area contributed by atoms with Crippen LogP contribution >= 0.6 is 23.4 Å². The SMILES string of the molecule is CSc1nnc2c(n1)O[C@H](c1ccc(C(C)C)cc1)N(C(C)=O)c1ccc(Cl)cc1-2. The summed E-state index contributed by atoms with van der Waals surface area (Å²) >= 11 is 7.64. The molecule has 0 radical (unpaired) electrons. The van der Waals surface area contributed by atoms with Crippen molar-refractivity contribution in [1.29, 1.82) is 0 Å². The van der Waals surface area contributed by atoms with Crippen molar-refractivity contribution in [3.8, 4) is 17.1 Å². The maximum Gasteiger partial charge on any atom is 0.247 e. The summed E-state index contributed by atoms with van der Waals surface area (Å²) in [5, 5.41) is 9.51. The summed E-state index contributed by atoms with van der Waals surface area (Å²) < 4.78 is 6.32. The van der Waals surface area contributed by atoms with Gasteiger partial charge in [-0.15, -0.1) is 10.2 Å². The van der Waals surface area contributed by atoms with E-state index in [0.717, 1.165) is 5.56 Å². The second-order valence-electron chi connectivity index (χ2n) is 7.29. The Morgan fingerprint density at radius 2 is 1.90 bits per heavy atom. The number of nitrogens with zero attached hydrogens (tertiary/aromatic N) is 4. The average molecular weight is 441 g/mol. The summed E-state index contributed by atoms with van der Waals surface area (Å²) in [5.74, 6) is 0.560. The fourth-order valence-electron chi connectivity index (χ4n) is 3.43. The van der Waals surface area contributed by atoms with E-state index >= 15 is 0 Å². The van der Waals surface area contributed by atoms with E-state index in [4.69, 9.17) is 16.3 Å². The van der Waals surface area contributed by atoms with Gasteiger partial charge in [-0.2, -0.15) is 4.98 Å². The number of hydrogen-bond acceptors (Lipinski definition) is 6. The molecule has 4 rings (SSSR count). The average Bonchev–Trinajstić information content (AvgIpc) is 2.87. The van der Waals surface area contributed by atoms with E-state index in [1.165, 1.54) is 24.2 Å². The molecule has 1 aliphatic heterocycles. The minimum Gasteiger partial charge on any atom is -0.447 e. The van der Waals surface area contributed by atoms with Crippen molar-refractivity contribution >= 4 is 35.0 Å². The molecule has 0 N–H and O–H groups in total. The Labute approximate surface area is 184 Å². The number of halogens is 1. The van der Waals surface area contributed by atoms with E-state index in [9.17, 15) is 4.79 Å². The highest BCUT2D eigenvalue weighted by Gasteiger charge is 2.34. The number of rotatable bonds is 3. The molecule has 1 aromatic heterocycles. The van der Waals surface area contributed by atoms with Crippen LogP contribution in [0.2, 0.25) is 5.02 Å². The lowest BCUT2D eigenvalue weighted by Crippen LogP contribution is -2.36. The van der Waals surface area contributed by atoms with Crippen molar-refractivity contribution in [1.82, 2.24) is 15.2 Å². The van der Waals surface area contributed by atoms with Gasteiger partial charge in [-0.1, -0.05) is 61.5 Å². The van der Waals surface area contributed by atoms with Crippen LogP contribution in [0.1, 0.15) is 44.0 Å². The molecule has 1 aliphatic rings. The highest BCUT2D eigenvalue weighted by Crippen LogP contribution is 2.44. The van der Waals surface area contributed by atoms with Gasteiger partial charge in [-0.25, -0.2) is 0 Å². The summed E-state index contributed by atoms with van der Waals surface area (Å²) in [5.41, 5.74) is 3.81. The molecule has 0 spiro atoms. The normalized spacial score (nSPS) is 15.3. The number of ether oxygens (including phenoxy) is 1. The number of amides is 1. The molecule has 1 amide bonds. The lowest BCUT2D eigenvalue weighted by atomic mass is 10.0. The van der Waals surface area contributed by atoms with Gasteiger partial charge in [0.2, 0.25) is 23.2 Å². The number of carbonyl (C=O) groups is 1. The summed E-state index contributed by atoms with van der Waals surface area (Å²) in [6.45, 7) is 5.79. The van der Waals surface area contributed by atoms with Gasteiger partial charge in [0.1, 0.15) is 0 Å². The number of carbonyl (C=O) groups excluding carboxylic acids is 1. The van der Waals surface area contributed by atoms with Gasteiger partial charge in [-0.3, -0.25) is 9.69 Å². The van der Waals surface area contributed by atoms with Crippen LogP contribution < -0.4 is 9.64 Å². The van der Waals surface area contributed by atoms with Gasteiger partial charge >= 0.3 is 0 Å². The molecular weight excluding hydrogens is 420 g/mol. The largest absolute Gasteiger partial charge is 0.447 e. The summed E-state index contributed by atoms with van der Waals surface area (Å²) in [7, 11) is 0. The molecule has 2 heterocycles. The first kappa shape index (κ1) is 20.6. The fourth-order valence-corrected chi connectivity index (χ4v) is 3.89. The number of thioether (sulfide) groups is 1. The van der Waals surface area contributed by atoms with Crippen LogP contribution in [0.5, 0.6) is 5.88 Å². The number of hydrogen-bond donors (Lipinski definition) is 0. The maximum absolute atomic E-state index is 12.8. The Kier molecular flexibility index (Phi) is 5.66. The third kappa shape index (κ3) is 3.75. The van der Waals surface area contributed by atoms with Crippen LogP contribution in [0.3, 0.4) is 0 Å². The number of aromatic nitrogens is 3. The first-order valence-corrected chi connectivity index (χ1v) is 11.1. The Morgan fingerprint density at radius 3 is 2.53 bits per heavy atom. The number of anilines is 1. The molecule has 2 aromatic carbocycles. The predicted octanol–water partition coefficient (Wildman–Crippen LogP) is 5.48. The van der Waals surface area contributed by atoms with E-state index in [1.54, 1.807) is 23.1 Å². The van der Waals surface area contributed by atoms with Crippen LogP contribution in [0.4, 0.5) is 5.69 Å². The van der Waals surface area contributed by atoms with Crippen LogP contribution in [-0.4, -0.2) is 27.3 Å². The second kappa shape index (κ2) is 8.24. The van der Waals surface area contributed by atoms with Crippen molar-refractivity contribution < 1.29 is 9.53 Å². The van der Waals surface area contributed by atoms with E-state index < -0.39 is 6.23 Å². The van der Waals surface area contributed by atoms with Crippen molar-refractivity contribution in [3.05, 3.63) is 58.6 Å². The molecule has 0 unspecified atom stereocenters. The van der Waals surface area contributed by atoms with Crippen molar-refractivity contribution in [2.75, 3.05) is 11.2 Å². The highest BCUT2D eigenvalue weighted by molar-refractivity contribution is 7.98. The molecule has 0 saturated carbocycles. The van der Waals surface area contributed by atoms with Crippen LogP contribution in [0.15, 0.2) is 47.6 Å². The Hall–Kier alpha value is -2.64. The molecule has 1 atom stereocenters. The van der Waals surface area contributed by atoms with Gasteiger partial charge in [0.05, 0.1) is 5.69 Å². The van der Waals surface area contributed by atoms with Gasteiger partial charge in [-0.05, 0) is 35.9 Å². The third-order valence-electron chi connectivity index (χ3n) is 4.98. The molecule has 3 aromatic rings. The standard InChI is InChI=1S/C22H21ClN4O2S/c1-12(2)14-5-7-15(8-6-14)21-27(13(3)28)18-10-9-16(23)11-17(18)19-20(29-21)24-22(30-4)26-25-19/h5-12,21H,1-4H3/t21-/m1/s1. The van der Waals surface area contributed by atoms with Gasteiger partial charge < -0.3 is 4.74 Å². The maximum atomic E-state index is 12.8. The molecule has 8 heteroatoms. The van der Waals surface area contributed by atoms with E-state index in [2.05, 4.69) is 41.2 Å². The monoisotopic (exact) mass is 440 g/mol. The molecule has 0 saturated heterocycles. The Morgan fingerprint density at radius 1 is 1.17 bits per heavy atom. The second-order valence-corrected chi connectivity index (χ2v) is 8.50. The van der Waals surface area contributed by atoms with Crippen molar-refractivity contribution in [3.63, 3.8) is 0 Å². The van der Waals surface area contributed by atoms with E-state index in [-0.39, 0.29) is 5.91 Å². The molecule has 0 fully saturated rings. The number of benzene rings is 2. The van der Waals surface area contributed by atoms with E-state index in [0.29, 0.717) is 38.9 Å².